The Morgan fingerprint density at radius 1 is 1.05 bits per heavy atom. The third-order valence-corrected chi connectivity index (χ3v) is 3.02. The van der Waals surface area contributed by atoms with Crippen LogP contribution in [0, 0.1) is 10.8 Å². The van der Waals surface area contributed by atoms with Gasteiger partial charge in [-0.15, -0.1) is 0 Å². The van der Waals surface area contributed by atoms with Gasteiger partial charge in [-0.3, -0.25) is 4.79 Å². The van der Waals surface area contributed by atoms with Gasteiger partial charge in [0.05, 0.1) is 12.0 Å². The lowest BCUT2D eigenvalue weighted by Gasteiger charge is -2.32. The van der Waals surface area contributed by atoms with Crippen LogP contribution in [0.3, 0.4) is 0 Å². The van der Waals surface area contributed by atoms with Crippen molar-refractivity contribution < 1.29 is 23.8 Å². The summed E-state index contributed by atoms with van der Waals surface area (Å²) in [5.74, 6) is -0.795. The highest BCUT2D eigenvalue weighted by Gasteiger charge is 2.35. The molecule has 5 nitrogen and oxygen atoms in total. The van der Waals surface area contributed by atoms with Crippen molar-refractivity contribution in [2.75, 3.05) is 13.2 Å². The van der Waals surface area contributed by atoms with E-state index in [1.807, 2.05) is 41.5 Å². The van der Waals surface area contributed by atoms with E-state index in [0.29, 0.717) is 13.0 Å². The predicted octanol–water partition coefficient (Wildman–Crippen LogP) is 2.92. The van der Waals surface area contributed by atoms with Gasteiger partial charge in [0.15, 0.2) is 0 Å². The van der Waals surface area contributed by atoms with E-state index in [-0.39, 0.29) is 12.6 Å². The standard InChI is InChI=1S/C15H28O5/c1-8-15(6,7)12(17)20-13(14(3,4)5)19-10-11(16)18-9-2/h13H,8-10H2,1-7H3. The highest BCUT2D eigenvalue weighted by molar-refractivity contribution is 5.76. The zero-order valence-electron chi connectivity index (χ0n) is 13.7. The lowest BCUT2D eigenvalue weighted by atomic mass is 9.90. The van der Waals surface area contributed by atoms with Crippen molar-refractivity contribution in [3.8, 4) is 0 Å². The van der Waals surface area contributed by atoms with E-state index in [9.17, 15) is 9.59 Å². The summed E-state index contributed by atoms with van der Waals surface area (Å²) in [6, 6.07) is 0. The van der Waals surface area contributed by atoms with E-state index in [1.165, 1.54) is 0 Å². The van der Waals surface area contributed by atoms with Gasteiger partial charge in [-0.2, -0.15) is 0 Å². The Morgan fingerprint density at radius 2 is 1.60 bits per heavy atom. The van der Waals surface area contributed by atoms with Crippen LogP contribution in [0.1, 0.15) is 54.9 Å². The monoisotopic (exact) mass is 288 g/mol. The van der Waals surface area contributed by atoms with Crippen molar-refractivity contribution in [2.24, 2.45) is 10.8 Å². The van der Waals surface area contributed by atoms with Crippen molar-refractivity contribution in [3.05, 3.63) is 0 Å². The number of esters is 2. The summed E-state index contributed by atoms with van der Waals surface area (Å²) in [6.45, 7) is 13.0. The summed E-state index contributed by atoms with van der Waals surface area (Å²) < 4.78 is 15.6. The van der Waals surface area contributed by atoms with Gasteiger partial charge in [-0.25, -0.2) is 4.79 Å². The first-order valence-electron chi connectivity index (χ1n) is 7.03. The van der Waals surface area contributed by atoms with Gasteiger partial charge < -0.3 is 14.2 Å². The van der Waals surface area contributed by atoms with Crippen LogP contribution in [0.5, 0.6) is 0 Å². The van der Waals surface area contributed by atoms with Crippen molar-refractivity contribution in [1.82, 2.24) is 0 Å². The van der Waals surface area contributed by atoms with Gasteiger partial charge in [-0.1, -0.05) is 27.7 Å². The van der Waals surface area contributed by atoms with E-state index in [4.69, 9.17) is 14.2 Å². The minimum atomic E-state index is -0.787. The average molecular weight is 288 g/mol. The molecule has 0 aliphatic carbocycles. The summed E-state index contributed by atoms with van der Waals surface area (Å²) >= 11 is 0. The molecule has 0 aliphatic rings. The number of hydrogen-bond acceptors (Lipinski definition) is 5. The minimum Gasteiger partial charge on any atom is -0.464 e. The molecule has 0 aliphatic heterocycles. The molecule has 0 spiro atoms. The molecule has 0 bridgehead atoms. The lowest BCUT2D eigenvalue weighted by Crippen LogP contribution is -2.39. The number of hydrogen-bond donors (Lipinski definition) is 0. The molecule has 0 saturated heterocycles. The van der Waals surface area contributed by atoms with Crippen LogP contribution in [0.4, 0.5) is 0 Å². The summed E-state index contributed by atoms with van der Waals surface area (Å²) in [5.41, 5.74) is -0.997. The lowest BCUT2D eigenvalue weighted by molar-refractivity contribution is -0.215. The summed E-state index contributed by atoms with van der Waals surface area (Å²) in [5, 5.41) is 0. The molecule has 0 N–H and O–H groups in total. The van der Waals surface area contributed by atoms with Gasteiger partial charge in [0.2, 0.25) is 6.29 Å². The van der Waals surface area contributed by atoms with Crippen LogP contribution >= 0.6 is 0 Å². The highest BCUT2D eigenvalue weighted by atomic mass is 16.7. The number of carbonyl (C=O) groups is 2. The highest BCUT2D eigenvalue weighted by Crippen LogP contribution is 2.28. The second kappa shape index (κ2) is 7.62. The van der Waals surface area contributed by atoms with E-state index in [2.05, 4.69) is 0 Å². The van der Waals surface area contributed by atoms with Crippen LogP contribution in [-0.2, 0) is 23.8 Å². The Kier molecular flexibility index (Phi) is 7.20. The molecule has 0 saturated carbocycles. The van der Waals surface area contributed by atoms with Crippen molar-refractivity contribution >= 4 is 11.9 Å². The summed E-state index contributed by atoms with van der Waals surface area (Å²) in [7, 11) is 0. The second-order valence-electron chi connectivity index (χ2n) is 6.46. The molecule has 0 aromatic rings. The predicted molar refractivity (Wildman–Crippen MR) is 76.0 cm³/mol. The quantitative estimate of drug-likeness (QED) is 0.532. The van der Waals surface area contributed by atoms with Gasteiger partial charge in [0, 0.05) is 5.41 Å². The molecule has 0 heterocycles. The molecular weight excluding hydrogens is 260 g/mol. The largest absolute Gasteiger partial charge is 0.464 e. The smallest absolute Gasteiger partial charge is 0.332 e. The van der Waals surface area contributed by atoms with Gasteiger partial charge >= 0.3 is 11.9 Å². The van der Waals surface area contributed by atoms with Crippen molar-refractivity contribution in [3.63, 3.8) is 0 Å². The van der Waals surface area contributed by atoms with Gasteiger partial charge in [-0.05, 0) is 27.2 Å². The first-order valence-corrected chi connectivity index (χ1v) is 7.03. The molecule has 0 fully saturated rings. The molecule has 1 atom stereocenters. The Bertz CT molecular complexity index is 328. The zero-order chi connectivity index (χ0) is 16.0. The van der Waals surface area contributed by atoms with Crippen LogP contribution in [-0.4, -0.2) is 31.4 Å². The Morgan fingerprint density at radius 3 is 2.00 bits per heavy atom. The Balaban J connectivity index is 4.68. The molecule has 0 rings (SSSR count). The molecule has 0 amide bonds. The van der Waals surface area contributed by atoms with Crippen LogP contribution in [0.2, 0.25) is 0 Å². The molecule has 5 heteroatoms. The maximum atomic E-state index is 12.1. The van der Waals surface area contributed by atoms with Crippen molar-refractivity contribution in [2.45, 2.75) is 61.2 Å². The number of rotatable bonds is 7. The normalized spacial score (nSPS) is 13.8. The first kappa shape index (κ1) is 18.9. The van der Waals surface area contributed by atoms with Crippen LogP contribution in [0.25, 0.3) is 0 Å². The third-order valence-electron chi connectivity index (χ3n) is 3.02. The fourth-order valence-corrected chi connectivity index (χ4v) is 1.21. The third kappa shape index (κ3) is 6.37. The molecular formula is C15H28O5. The minimum absolute atomic E-state index is 0.227. The van der Waals surface area contributed by atoms with Crippen LogP contribution in [0.15, 0.2) is 0 Å². The molecule has 0 aromatic heterocycles. The Hall–Kier alpha value is -1.10. The van der Waals surface area contributed by atoms with E-state index >= 15 is 0 Å². The fourth-order valence-electron chi connectivity index (χ4n) is 1.21. The van der Waals surface area contributed by atoms with E-state index < -0.39 is 23.1 Å². The number of carbonyl (C=O) groups excluding carboxylic acids is 2. The summed E-state index contributed by atoms with van der Waals surface area (Å²) in [4.78, 5) is 23.4. The maximum absolute atomic E-state index is 12.1. The first-order chi connectivity index (χ1) is 9.04. The Labute approximate surface area is 122 Å². The average Bonchev–Trinajstić information content (AvgIpc) is 2.32. The van der Waals surface area contributed by atoms with Crippen LogP contribution < -0.4 is 0 Å². The van der Waals surface area contributed by atoms with E-state index in [1.54, 1.807) is 6.92 Å². The molecule has 1 unspecified atom stereocenters. The van der Waals surface area contributed by atoms with Gasteiger partial charge in [0.1, 0.15) is 6.61 Å². The maximum Gasteiger partial charge on any atom is 0.332 e. The van der Waals surface area contributed by atoms with E-state index in [0.717, 1.165) is 0 Å². The SMILES string of the molecule is CCOC(=O)COC(OC(=O)C(C)(C)CC)C(C)(C)C. The topological polar surface area (TPSA) is 61.8 Å². The zero-order valence-corrected chi connectivity index (χ0v) is 13.7. The van der Waals surface area contributed by atoms with Crippen molar-refractivity contribution in [1.29, 1.82) is 0 Å². The number of ether oxygens (including phenoxy) is 3. The molecule has 0 radical (unpaired) electrons. The molecule has 0 aromatic carbocycles. The molecule has 118 valence electrons. The molecule has 20 heavy (non-hydrogen) atoms. The van der Waals surface area contributed by atoms with Gasteiger partial charge in [0.25, 0.3) is 0 Å². The fraction of sp³-hybridized carbons (Fsp3) is 0.867. The summed E-state index contributed by atoms with van der Waals surface area (Å²) in [6.07, 6.45) is -0.120. The second-order valence-corrected chi connectivity index (χ2v) is 6.46.